The maximum atomic E-state index is 8.81. The second-order valence-electron chi connectivity index (χ2n) is 7.01. The number of likely N-dealkylation sites (tertiary alicyclic amines) is 1. The third-order valence-electron chi connectivity index (χ3n) is 5.23. The molecule has 0 aromatic rings. The lowest BCUT2D eigenvalue weighted by Crippen LogP contribution is -2.44. The summed E-state index contributed by atoms with van der Waals surface area (Å²) in [5.41, 5.74) is 5.54. The van der Waals surface area contributed by atoms with Crippen molar-refractivity contribution in [1.29, 1.82) is 0 Å². The first-order valence-corrected chi connectivity index (χ1v) is 7.73. The molecule has 2 rings (SSSR count). The largest absolute Gasteiger partial charge is 0.409 e. The molecule has 1 aliphatic heterocycles. The molecule has 0 spiro atoms. The number of hydrogen-bond acceptors (Lipinski definition) is 3. The first-order chi connectivity index (χ1) is 9.03. The van der Waals surface area contributed by atoms with Crippen molar-refractivity contribution < 1.29 is 5.21 Å². The normalized spacial score (nSPS) is 30.1. The molecule has 2 atom stereocenters. The van der Waals surface area contributed by atoms with E-state index in [0.29, 0.717) is 5.84 Å². The van der Waals surface area contributed by atoms with E-state index in [1.807, 2.05) is 0 Å². The van der Waals surface area contributed by atoms with Gasteiger partial charge in [-0.25, -0.2) is 0 Å². The van der Waals surface area contributed by atoms with Crippen molar-refractivity contribution in [3.8, 4) is 0 Å². The van der Waals surface area contributed by atoms with Crippen LogP contribution < -0.4 is 5.73 Å². The minimum Gasteiger partial charge on any atom is -0.409 e. The van der Waals surface area contributed by atoms with Crippen LogP contribution in [-0.2, 0) is 0 Å². The zero-order valence-corrected chi connectivity index (χ0v) is 12.4. The molecule has 0 aromatic carbocycles. The van der Waals surface area contributed by atoms with Gasteiger partial charge in [-0.2, -0.15) is 0 Å². The van der Waals surface area contributed by atoms with E-state index in [-0.39, 0.29) is 5.41 Å². The molecular weight excluding hydrogens is 238 g/mol. The molecule has 0 aromatic heterocycles. The molecule has 0 amide bonds. The summed E-state index contributed by atoms with van der Waals surface area (Å²) in [7, 11) is 0. The number of amidine groups is 1. The van der Waals surface area contributed by atoms with Gasteiger partial charge in [0, 0.05) is 12.0 Å². The third kappa shape index (κ3) is 3.62. The highest BCUT2D eigenvalue weighted by Gasteiger charge is 2.32. The molecule has 0 radical (unpaired) electrons. The molecule has 1 heterocycles. The van der Waals surface area contributed by atoms with E-state index in [0.717, 1.165) is 24.8 Å². The van der Waals surface area contributed by atoms with Gasteiger partial charge in [0.2, 0.25) is 0 Å². The molecule has 19 heavy (non-hydrogen) atoms. The van der Waals surface area contributed by atoms with E-state index in [1.54, 1.807) is 0 Å². The van der Waals surface area contributed by atoms with Crippen molar-refractivity contribution in [2.24, 2.45) is 28.1 Å². The summed E-state index contributed by atoms with van der Waals surface area (Å²) in [6, 6.07) is 0. The lowest BCUT2D eigenvalue weighted by Gasteiger charge is -2.42. The van der Waals surface area contributed by atoms with Gasteiger partial charge in [-0.3, -0.25) is 0 Å². The summed E-state index contributed by atoms with van der Waals surface area (Å²) >= 11 is 0. The highest BCUT2D eigenvalue weighted by atomic mass is 16.4. The number of fused-ring (bicyclic) bond motifs is 1. The van der Waals surface area contributed by atoms with Crippen LogP contribution in [-0.4, -0.2) is 35.6 Å². The number of hydrogen-bond donors (Lipinski definition) is 2. The predicted octanol–water partition coefficient (Wildman–Crippen LogP) is 2.66. The van der Waals surface area contributed by atoms with Crippen LogP contribution in [0.25, 0.3) is 0 Å². The first-order valence-electron chi connectivity index (χ1n) is 7.73. The Morgan fingerprint density at radius 2 is 1.95 bits per heavy atom. The molecule has 110 valence electrons. The van der Waals surface area contributed by atoms with E-state index < -0.39 is 0 Å². The van der Waals surface area contributed by atoms with Crippen LogP contribution in [0.5, 0.6) is 0 Å². The van der Waals surface area contributed by atoms with Crippen molar-refractivity contribution >= 4 is 5.84 Å². The second-order valence-corrected chi connectivity index (χ2v) is 7.01. The van der Waals surface area contributed by atoms with Gasteiger partial charge >= 0.3 is 0 Å². The van der Waals surface area contributed by atoms with Gasteiger partial charge in [0.1, 0.15) is 5.84 Å². The van der Waals surface area contributed by atoms with Crippen LogP contribution in [0.2, 0.25) is 0 Å². The Bertz CT molecular complexity index is 327. The third-order valence-corrected chi connectivity index (χ3v) is 5.23. The Morgan fingerprint density at radius 3 is 2.63 bits per heavy atom. The molecule has 1 saturated carbocycles. The molecule has 0 bridgehead atoms. The topological polar surface area (TPSA) is 61.8 Å². The lowest BCUT2D eigenvalue weighted by atomic mass is 9.75. The minimum absolute atomic E-state index is 0.210. The molecule has 2 fully saturated rings. The molecule has 2 aliphatic rings. The van der Waals surface area contributed by atoms with E-state index in [4.69, 9.17) is 10.9 Å². The van der Waals surface area contributed by atoms with Crippen molar-refractivity contribution in [2.45, 2.75) is 52.4 Å². The molecule has 4 heteroatoms. The van der Waals surface area contributed by atoms with Gasteiger partial charge in [-0.05, 0) is 44.2 Å². The van der Waals surface area contributed by atoms with Gasteiger partial charge in [0.15, 0.2) is 0 Å². The molecule has 3 N–H and O–H groups in total. The van der Waals surface area contributed by atoms with Gasteiger partial charge in [-0.1, -0.05) is 38.3 Å². The Balaban J connectivity index is 1.81. The maximum Gasteiger partial charge on any atom is 0.144 e. The SMILES string of the molecule is CC(C)(CCN1CCC2CCCCC2C1)C(N)=NO. The fourth-order valence-electron chi connectivity index (χ4n) is 3.58. The van der Waals surface area contributed by atoms with Crippen molar-refractivity contribution in [2.75, 3.05) is 19.6 Å². The molecule has 1 aliphatic carbocycles. The van der Waals surface area contributed by atoms with E-state index in [9.17, 15) is 0 Å². The standard InChI is InChI=1S/C15H29N3O/c1-15(2,14(16)17-19)8-10-18-9-7-12-5-3-4-6-13(12)11-18/h12-13,19H,3-11H2,1-2H3,(H2,16,17). The fraction of sp³-hybridized carbons (Fsp3) is 0.933. The van der Waals surface area contributed by atoms with E-state index in [2.05, 4.69) is 23.9 Å². The Labute approximate surface area is 117 Å². The average Bonchev–Trinajstić information content (AvgIpc) is 2.44. The number of piperidine rings is 1. The Morgan fingerprint density at radius 1 is 1.26 bits per heavy atom. The molecular formula is C15H29N3O. The molecule has 1 saturated heterocycles. The maximum absolute atomic E-state index is 8.81. The smallest absolute Gasteiger partial charge is 0.144 e. The number of rotatable bonds is 4. The zero-order valence-electron chi connectivity index (χ0n) is 12.4. The predicted molar refractivity (Wildman–Crippen MR) is 78.3 cm³/mol. The van der Waals surface area contributed by atoms with Crippen LogP contribution in [0.4, 0.5) is 0 Å². The van der Waals surface area contributed by atoms with Crippen LogP contribution in [0.1, 0.15) is 52.4 Å². The summed E-state index contributed by atoms with van der Waals surface area (Å²) in [6.45, 7) is 7.65. The molecule has 2 unspecified atom stereocenters. The van der Waals surface area contributed by atoms with Gasteiger partial charge < -0.3 is 15.8 Å². The highest BCUT2D eigenvalue weighted by Crippen LogP contribution is 2.36. The fourth-order valence-corrected chi connectivity index (χ4v) is 3.58. The van der Waals surface area contributed by atoms with Crippen molar-refractivity contribution in [3.05, 3.63) is 0 Å². The van der Waals surface area contributed by atoms with Gasteiger partial charge in [0.25, 0.3) is 0 Å². The summed E-state index contributed by atoms with van der Waals surface area (Å²) in [6.07, 6.45) is 8.07. The number of oxime groups is 1. The number of nitrogens with two attached hydrogens (primary N) is 1. The quantitative estimate of drug-likeness (QED) is 0.356. The van der Waals surface area contributed by atoms with Crippen LogP contribution in [0, 0.1) is 17.3 Å². The van der Waals surface area contributed by atoms with E-state index >= 15 is 0 Å². The first kappa shape index (κ1) is 14.6. The Kier molecular flexibility index (Phi) is 4.71. The van der Waals surface area contributed by atoms with Gasteiger partial charge in [0.05, 0.1) is 0 Å². The monoisotopic (exact) mass is 267 g/mol. The summed E-state index contributed by atoms with van der Waals surface area (Å²) in [5, 5.41) is 12.0. The average molecular weight is 267 g/mol. The Hall–Kier alpha value is -0.770. The highest BCUT2D eigenvalue weighted by molar-refractivity contribution is 5.85. The van der Waals surface area contributed by atoms with Crippen molar-refractivity contribution in [1.82, 2.24) is 4.90 Å². The number of nitrogens with zero attached hydrogens (tertiary/aromatic N) is 2. The van der Waals surface area contributed by atoms with Crippen LogP contribution >= 0.6 is 0 Å². The second kappa shape index (κ2) is 6.12. The van der Waals surface area contributed by atoms with Gasteiger partial charge in [-0.15, -0.1) is 0 Å². The summed E-state index contributed by atoms with van der Waals surface area (Å²) in [4.78, 5) is 2.58. The zero-order chi connectivity index (χ0) is 13.9. The molecule has 4 nitrogen and oxygen atoms in total. The minimum atomic E-state index is -0.210. The van der Waals surface area contributed by atoms with Crippen LogP contribution in [0.3, 0.4) is 0 Å². The van der Waals surface area contributed by atoms with Crippen molar-refractivity contribution in [3.63, 3.8) is 0 Å². The lowest BCUT2D eigenvalue weighted by molar-refractivity contribution is 0.0815. The summed E-state index contributed by atoms with van der Waals surface area (Å²) in [5.74, 6) is 2.26. The van der Waals surface area contributed by atoms with Crippen LogP contribution in [0.15, 0.2) is 5.16 Å². The van der Waals surface area contributed by atoms with E-state index in [1.165, 1.54) is 45.2 Å². The summed E-state index contributed by atoms with van der Waals surface area (Å²) < 4.78 is 0.